The second-order valence-electron chi connectivity index (χ2n) is 10.2. The highest BCUT2D eigenvalue weighted by molar-refractivity contribution is 5.34. The summed E-state index contributed by atoms with van der Waals surface area (Å²) < 4.78 is 16.6. The Kier molecular flexibility index (Phi) is 11.6. The van der Waals surface area contributed by atoms with Crippen molar-refractivity contribution in [3.05, 3.63) is 29.8 Å². The number of nitriles is 1. The van der Waals surface area contributed by atoms with Crippen molar-refractivity contribution in [3.8, 4) is 11.8 Å². The maximum atomic E-state index is 8.84. The molecule has 3 unspecified atom stereocenters. The molecule has 2 heterocycles. The summed E-state index contributed by atoms with van der Waals surface area (Å²) in [5, 5.41) is 12.9. The van der Waals surface area contributed by atoms with Crippen molar-refractivity contribution < 1.29 is 14.2 Å². The highest BCUT2D eigenvalue weighted by Crippen LogP contribution is 2.37. The minimum Gasteiger partial charge on any atom is -0.494 e. The number of ether oxygens (including phenoxy) is 3. The number of benzene rings is 1. The summed E-state index contributed by atoms with van der Waals surface area (Å²) in [6.07, 6.45) is 11.5. The summed E-state index contributed by atoms with van der Waals surface area (Å²) >= 11 is 0. The predicted molar refractivity (Wildman–Crippen MR) is 136 cm³/mol. The minimum absolute atomic E-state index is 0.304. The van der Waals surface area contributed by atoms with Crippen molar-refractivity contribution in [2.75, 3.05) is 53.2 Å². The van der Waals surface area contributed by atoms with Crippen LogP contribution in [-0.4, -0.2) is 69.7 Å². The first-order valence-electron chi connectivity index (χ1n) is 13.3. The van der Waals surface area contributed by atoms with E-state index >= 15 is 0 Å². The Hall–Kier alpha value is -1.65. The molecule has 0 radical (unpaired) electrons. The van der Waals surface area contributed by atoms with Gasteiger partial charge in [0.05, 0.1) is 38.1 Å². The molecule has 34 heavy (non-hydrogen) atoms. The molecule has 6 nitrogen and oxygen atoms in total. The number of nitrogens with one attached hydrogen (secondary N) is 1. The fourth-order valence-corrected chi connectivity index (χ4v) is 5.52. The van der Waals surface area contributed by atoms with E-state index in [0.29, 0.717) is 30.4 Å². The zero-order valence-electron chi connectivity index (χ0n) is 21.4. The Balaban J connectivity index is 1.23. The maximum absolute atomic E-state index is 8.84. The average molecular weight is 472 g/mol. The summed E-state index contributed by atoms with van der Waals surface area (Å²) in [6, 6.07) is 10.2. The van der Waals surface area contributed by atoms with Gasteiger partial charge >= 0.3 is 0 Å². The number of likely N-dealkylation sites (tertiary alicyclic amines) is 1. The van der Waals surface area contributed by atoms with Gasteiger partial charge in [0.1, 0.15) is 5.75 Å². The summed E-state index contributed by atoms with van der Waals surface area (Å²) in [7, 11) is 1.72. The predicted octanol–water partition coefficient (Wildman–Crippen LogP) is 4.77. The van der Waals surface area contributed by atoms with E-state index in [4.69, 9.17) is 19.5 Å². The Labute approximate surface area is 206 Å². The van der Waals surface area contributed by atoms with Gasteiger partial charge in [-0.15, -0.1) is 0 Å². The van der Waals surface area contributed by atoms with Crippen molar-refractivity contribution in [1.82, 2.24) is 10.2 Å². The smallest absolute Gasteiger partial charge is 0.119 e. The Morgan fingerprint density at radius 2 is 1.82 bits per heavy atom. The monoisotopic (exact) mass is 471 g/mol. The van der Waals surface area contributed by atoms with Crippen molar-refractivity contribution in [2.45, 2.75) is 76.3 Å². The fraction of sp³-hybridized carbons (Fsp3) is 0.750. The molecule has 2 fully saturated rings. The molecule has 0 amide bonds. The Bertz CT molecular complexity index is 735. The zero-order valence-corrected chi connectivity index (χ0v) is 21.4. The van der Waals surface area contributed by atoms with E-state index in [2.05, 4.69) is 23.2 Å². The number of methoxy groups -OCH3 is 1. The molecule has 1 N–H and O–H groups in total. The minimum atomic E-state index is 0.304. The third kappa shape index (κ3) is 8.53. The number of piperazine rings is 1. The average Bonchev–Trinajstić information content (AvgIpc) is 3.18. The van der Waals surface area contributed by atoms with Crippen LogP contribution in [-0.2, 0) is 9.47 Å². The summed E-state index contributed by atoms with van der Waals surface area (Å²) in [5.41, 5.74) is 0.979. The van der Waals surface area contributed by atoms with E-state index in [9.17, 15) is 0 Å². The van der Waals surface area contributed by atoms with Gasteiger partial charge in [-0.25, -0.2) is 0 Å². The van der Waals surface area contributed by atoms with E-state index in [-0.39, 0.29) is 0 Å². The number of hydrogen-bond donors (Lipinski definition) is 1. The quantitative estimate of drug-likeness (QED) is 0.330. The molecule has 2 saturated heterocycles. The van der Waals surface area contributed by atoms with Crippen LogP contribution in [0.5, 0.6) is 5.75 Å². The van der Waals surface area contributed by atoms with Crippen LogP contribution in [0.15, 0.2) is 24.3 Å². The second-order valence-corrected chi connectivity index (χ2v) is 10.2. The molecule has 3 rings (SSSR count). The van der Waals surface area contributed by atoms with Gasteiger partial charge in [-0.05, 0) is 55.9 Å². The second kappa shape index (κ2) is 14.7. The number of rotatable bonds is 17. The highest BCUT2D eigenvalue weighted by Gasteiger charge is 2.47. The lowest BCUT2D eigenvalue weighted by Crippen LogP contribution is -2.62. The molecular weight excluding hydrogens is 426 g/mol. The van der Waals surface area contributed by atoms with Crippen LogP contribution in [0, 0.1) is 17.2 Å². The SMILES string of the molecule is COCCOCCN1CC2CCC(C(C)CCCCCCCCOc3ccc(C#N)cc3)(C1)N2. The van der Waals surface area contributed by atoms with Gasteiger partial charge < -0.3 is 19.5 Å². The van der Waals surface area contributed by atoms with Crippen molar-refractivity contribution in [2.24, 2.45) is 5.92 Å². The molecule has 0 aliphatic carbocycles. The summed E-state index contributed by atoms with van der Waals surface area (Å²) in [4.78, 5) is 2.62. The molecular formula is C28H45N3O3. The fourth-order valence-electron chi connectivity index (χ4n) is 5.52. The standard InChI is InChI=1S/C28H45N3O3/c1-24(28-15-14-26(30-28)22-31(23-28)16-18-33-20-19-32-2)9-7-5-3-4-6-8-17-34-27-12-10-25(21-29)11-13-27/h10-13,24,26,30H,3-9,14-20,22-23H2,1-2H3. The first-order chi connectivity index (χ1) is 16.6. The Morgan fingerprint density at radius 3 is 2.59 bits per heavy atom. The maximum Gasteiger partial charge on any atom is 0.119 e. The largest absolute Gasteiger partial charge is 0.494 e. The normalized spacial score (nSPS) is 23.0. The number of unbranched alkanes of at least 4 members (excludes halogenated alkanes) is 5. The summed E-state index contributed by atoms with van der Waals surface area (Å²) in [6.45, 7) is 8.76. The molecule has 2 bridgehead atoms. The van der Waals surface area contributed by atoms with Gasteiger partial charge in [0, 0.05) is 38.3 Å². The molecule has 0 saturated carbocycles. The van der Waals surface area contributed by atoms with Crippen molar-refractivity contribution in [1.29, 1.82) is 5.26 Å². The first kappa shape index (κ1) is 26.9. The van der Waals surface area contributed by atoms with E-state index in [1.807, 2.05) is 12.1 Å². The van der Waals surface area contributed by atoms with Gasteiger partial charge in [-0.3, -0.25) is 4.90 Å². The third-order valence-electron chi connectivity index (χ3n) is 7.63. The molecule has 3 atom stereocenters. The molecule has 2 aliphatic rings. The zero-order chi connectivity index (χ0) is 24.1. The van der Waals surface area contributed by atoms with Crippen LogP contribution in [0.4, 0.5) is 0 Å². The van der Waals surface area contributed by atoms with Crippen LogP contribution in [0.3, 0.4) is 0 Å². The number of hydrogen-bond acceptors (Lipinski definition) is 6. The molecule has 0 aromatic heterocycles. The van der Waals surface area contributed by atoms with Gasteiger partial charge in [-0.1, -0.05) is 39.0 Å². The van der Waals surface area contributed by atoms with E-state index < -0.39 is 0 Å². The van der Waals surface area contributed by atoms with Crippen LogP contribution < -0.4 is 10.1 Å². The van der Waals surface area contributed by atoms with Crippen molar-refractivity contribution >= 4 is 0 Å². The number of nitrogens with zero attached hydrogens (tertiary/aromatic N) is 2. The molecule has 0 spiro atoms. The van der Waals surface area contributed by atoms with E-state index in [1.54, 1.807) is 19.2 Å². The van der Waals surface area contributed by atoms with Gasteiger partial charge in [0.25, 0.3) is 0 Å². The molecule has 1 aromatic carbocycles. The highest BCUT2D eigenvalue weighted by atomic mass is 16.5. The molecule has 1 aromatic rings. The van der Waals surface area contributed by atoms with Gasteiger partial charge in [-0.2, -0.15) is 5.26 Å². The molecule has 2 aliphatic heterocycles. The third-order valence-corrected chi connectivity index (χ3v) is 7.63. The topological polar surface area (TPSA) is 66.8 Å². The van der Waals surface area contributed by atoms with Crippen molar-refractivity contribution in [3.63, 3.8) is 0 Å². The lowest BCUT2D eigenvalue weighted by atomic mass is 9.80. The van der Waals surface area contributed by atoms with Crippen LogP contribution in [0.1, 0.15) is 70.3 Å². The lowest BCUT2D eigenvalue weighted by molar-refractivity contribution is 0.0369. The van der Waals surface area contributed by atoms with E-state index in [1.165, 1.54) is 51.4 Å². The Morgan fingerprint density at radius 1 is 1.06 bits per heavy atom. The summed E-state index contributed by atoms with van der Waals surface area (Å²) in [5.74, 6) is 1.57. The van der Waals surface area contributed by atoms with E-state index in [0.717, 1.165) is 50.9 Å². The first-order valence-corrected chi connectivity index (χ1v) is 13.3. The van der Waals surface area contributed by atoms with Crippen LogP contribution in [0.2, 0.25) is 0 Å². The van der Waals surface area contributed by atoms with Crippen LogP contribution >= 0.6 is 0 Å². The van der Waals surface area contributed by atoms with Crippen LogP contribution in [0.25, 0.3) is 0 Å². The van der Waals surface area contributed by atoms with Gasteiger partial charge in [0.2, 0.25) is 0 Å². The number of fused-ring (bicyclic) bond motifs is 2. The molecule has 190 valence electrons. The molecule has 6 heteroatoms. The van der Waals surface area contributed by atoms with Gasteiger partial charge in [0.15, 0.2) is 0 Å². The lowest BCUT2D eigenvalue weighted by Gasteiger charge is -2.45.